The second-order valence-electron chi connectivity index (χ2n) is 11.7. The van der Waals surface area contributed by atoms with Crippen molar-refractivity contribution in [2.75, 3.05) is 31.1 Å². The molecule has 2 aliphatic heterocycles. The average molecular weight is 576 g/mol. The van der Waals surface area contributed by atoms with Gasteiger partial charge in [0.2, 0.25) is 6.41 Å². The molecule has 1 unspecified atom stereocenters. The Kier molecular flexibility index (Phi) is 8.22. The third kappa shape index (κ3) is 7.33. The van der Waals surface area contributed by atoms with E-state index in [-0.39, 0.29) is 23.8 Å². The number of fused-ring (bicyclic) bond motifs is 1. The van der Waals surface area contributed by atoms with Crippen molar-refractivity contribution in [3.8, 4) is 5.75 Å². The van der Waals surface area contributed by atoms with E-state index in [1.54, 1.807) is 23.1 Å². The Bertz CT molecular complexity index is 1340. The van der Waals surface area contributed by atoms with E-state index >= 15 is 0 Å². The van der Waals surface area contributed by atoms with Gasteiger partial charge in [0.1, 0.15) is 17.4 Å². The van der Waals surface area contributed by atoms with E-state index in [0.29, 0.717) is 43.9 Å². The average Bonchev–Trinajstić information content (AvgIpc) is 3.55. The summed E-state index contributed by atoms with van der Waals surface area (Å²) in [6.07, 6.45) is -3.26. The lowest BCUT2D eigenvalue weighted by atomic mass is 10.1. The first-order valence-corrected chi connectivity index (χ1v) is 13.9. The smallest absolute Gasteiger partial charge is 0.416 e. The number of hydrogen-bond donors (Lipinski definition) is 2. The van der Waals surface area contributed by atoms with E-state index < -0.39 is 23.8 Å². The molecule has 2 aliphatic rings. The maximum absolute atomic E-state index is 12.9. The minimum absolute atomic E-state index is 0.0317. The van der Waals surface area contributed by atoms with Crippen LogP contribution in [0.4, 0.5) is 18.9 Å². The van der Waals surface area contributed by atoms with Gasteiger partial charge in [-0.15, -0.1) is 0 Å². The van der Waals surface area contributed by atoms with Crippen molar-refractivity contribution in [2.24, 2.45) is 0 Å². The van der Waals surface area contributed by atoms with Gasteiger partial charge in [0.15, 0.2) is 5.76 Å². The number of aliphatic hydroxyl groups excluding tert-OH is 1. The number of nitrogens with zero attached hydrogens (tertiary/aromatic N) is 2. The number of alkyl halides is 3. The normalized spacial score (nSPS) is 20.0. The van der Waals surface area contributed by atoms with E-state index in [2.05, 4.69) is 10.2 Å². The standard InChI is InChI=1S/C30H36F3N3O5/c1-29(2,3)41-28(38)36-13-10-21(18-36)34-27(37)26-17-19-16-24(8-9-25(19)40-26)39-23-11-14-35(15-12-23)22-6-4-20(5-7-22)30(31,32)33/h4-9,16-17,21,23,28,38H,10-15,18H2,1-3H3,(H,34,37)/t21-,28?/m1/s1. The van der Waals surface area contributed by atoms with Crippen LogP contribution in [0.25, 0.3) is 11.0 Å². The SMILES string of the molecule is CC(C)(C)OC(O)N1CC[C@@H](NC(=O)c2cc3cc(OC4CCN(c5ccc(C(F)(F)F)cc5)CC4)ccc3o2)C1. The number of furan rings is 1. The van der Waals surface area contributed by atoms with Crippen molar-refractivity contribution in [1.29, 1.82) is 0 Å². The van der Waals surface area contributed by atoms with Gasteiger partial charge in [-0.2, -0.15) is 13.2 Å². The molecule has 2 N–H and O–H groups in total. The Morgan fingerprint density at radius 2 is 1.73 bits per heavy atom. The molecular formula is C30H36F3N3O5. The van der Waals surface area contributed by atoms with Gasteiger partial charge >= 0.3 is 6.18 Å². The Morgan fingerprint density at radius 3 is 2.39 bits per heavy atom. The number of hydrogen-bond acceptors (Lipinski definition) is 7. The van der Waals surface area contributed by atoms with Crippen LogP contribution in [-0.4, -0.2) is 66.3 Å². The first-order valence-electron chi connectivity index (χ1n) is 13.9. The van der Waals surface area contributed by atoms with Crippen LogP contribution in [0.1, 0.15) is 56.2 Å². The summed E-state index contributed by atoms with van der Waals surface area (Å²) in [5.41, 5.74) is 0.203. The molecule has 222 valence electrons. The summed E-state index contributed by atoms with van der Waals surface area (Å²) in [7, 11) is 0. The Labute approximate surface area is 237 Å². The lowest BCUT2D eigenvalue weighted by molar-refractivity contribution is -0.234. The third-order valence-corrected chi connectivity index (χ3v) is 7.34. The molecule has 3 heterocycles. The number of anilines is 1. The molecule has 8 nitrogen and oxygen atoms in total. The highest BCUT2D eigenvalue weighted by atomic mass is 19.4. The summed E-state index contributed by atoms with van der Waals surface area (Å²) in [5.74, 6) is 0.543. The van der Waals surface area contributed by atoms with Crippen LogP contribution < -0.4 is 15.0 Å². The third-order valence-electron chi connectivity index (χ3n) is 7.34. The predicted molar refractivity (Wildman–Crippen MR) is 148 cm³/mol. The van der Waals surface area contributed by atoms with E-state index in [4.69, 9.17) is 13.9 Å². The summed E-state index contributed by atoms with van der Waals surface area (Å²) < 4.78 is 56.1. The van der Waals surface area contributed by atoms with Gasteiger partial charge in [-0.3, -0.25) is 9.69 Å². The molecule has 2 aromatic carbocycles. The molecular weight excluding hydrogens is 539 g/mol. The molecule has 2 atom stereocenters. The number of nitrogens with one attached hydrogen (secondary N) is 1. The number of piperidine rings is 1. The highest BCUT2D eigenvalue weighted by molar-refractivity contribution is 5.96. The molecule has 11 heteroatoms. The molecule has 2 fully saturated rings. The molecule has 1 aromatic heterocycles. The lowest BCUT2D eigenvalue weighted by Crippen LogP contribution is -2.43. The fraction of sp³-hybridized carbons (Fsp3) is 0.500. The van der Waals surface area contributed by atoms with Crippen molar-refractivity contribution >= 4 is 22.6 Å². The number of carbonyl (C=O) groups excluding carboxylic acids is 1. The van der Waals surface area contributed by atoms with Crippen LogP contribution in [-0.2, 0) is 10.9 Å². The second-order valence-corrected chi connectivity index (χ2v) is 11.7. The molecule has 0 bridgehead atoms. The highest BCUT2D eigenvalue weighted by Crippen LogP contribution is 2.32. The van der Waals surface area contributed by atoms with Gasteiger partial charge < -0.3 is 29.2 Å². The Balaban J connectivity index is 1.13. The summed E-state index contributed by atoms with van der Waals surface area (Å²) in [6.45, 7) is 8.04. The molecule has 0 spiro atoms. The van der Waals surface area contributed by atoms with Gasteiger partial charge in [0, 0.05) is 56.1 Å². The quantitative estimate of drug-likeness (QED) is 0.365. The fourth-order valence-corrected chi connectivity index (χ4v) is 5.25. The first kappa shape index (κ1) is 29.2. The number of ether oxygens (including phenoxy) is 2. The lowest BCUT2D eigenvalue weighted by Gasteiger charge is -2.33. The monoisotopic (exact) mass is 575 g/mol. The topological polar surface area (TPSA) is 87.4 Å². The Morgan fingerprint density at radius 1 is 1.02 bits per heavy atom. The largest absolute Gasteiger partial charge is 0.490 e. The van der Waals surface area contributed by atoms with Crippen LogP contribution in [0, 0.1) is 0 Å². The highest BCUT2D eigenvalue weighted by Gasteiger charge is 2.32. The number of benzene rings is 2. The number of amides is 1. The first-order chi connectivity index (χ1) is 19.3. The molecule has 5 rings (SSSR count). The van der Waals surface area contributed by atoms with E-state index in [9.17, 15) is 23.1 Å². The van der Waals surface area contributed by atoms with Gasteiger partial charge in [-0.25, -0.2) is 0 Å². The van der Waals surface area contributed by atoms with E-state index in [1.165, 1.54) is 12.1 Å². The van der Waals surface area contributed by atoms with Crippen molar-refractivity contribution < 1.29 is 37.0 Å². The van der Waals surface area contributed by atoms with Gasteiger partial charge in [0.25, 0.3) is 5.91 Å². The maximum Gasteiger partial charge on any atom is 0.416 e. The molecule has 3 aromatic rings. The van der Waals surface area contributed by atoms with Gasteiger partial charge in [-0.05, 0) is 75.7 Å². The molecule has 0 saturated carbocycles. The molecule has 0 aliphatic carbocycles. The second kappa shape index (κ2) is 11.5. The zero-order valence-electron chi connectivity index (χ0n) is 23.4. The number of carbonyl (C=O) groups is 1. The van der Waals surface area contributed by atoms with Crippen LogP contribution >= 0.6 is 0 Å². The van der Waals surface area contributed by atoms with Crippen molar-refractivity contribution in [2.45, 2.75) is 70.4 Å². The number of halogens is 3. The summed E-state index contributed by atoms with van der Waals surface area (Å²) in [4.78, 5) is 16.7. The molecule has 41 heavy (non-hydrogen) atoms. The Hall–Kier alpha value is -3.28. The van der Waals surface area contributed by atoms with Crippen LogP contribution in [0.5, 0.6) is 5.75 Å². The molecule has 0 radical (unpaired) electrons. The zero-order valence-corrected chi connectivity index (χ0v) is 23.4. The van der Waals surface area contributed by atoms with Crippen LogP contribution in [0.15, 0.2) is 52.9 Å². The summed E-state index contributed by atoms with van der Waals surface area (Å²) >= 11 is 0. The van der Waals surface area contributed by atoms with Gasteiger partial charge in [0.05, 0.1) is 11.2 Å². The minimum atomic E-state index is -4.34. The van der Waals surface area contributed by atoms with Gasteiger partial charge in [-0.1, -0.05) is 0 Å². The maximum atomic E-state index is 12.9. The van der Waals surface area contributed by atoms with Crippen LogP contribution in [0.2, 0.25) is 0 Å². The molecule has 1 amide bonds. The van der Waals surface area contributed by atoms with E-state index in [1.807, 2.05) is 26.8 Å². The zero-order chi connectivity index (χ0) is 29.4. The van der Waals surface area contributed by atoms with Crippen LogP contribution in [0.3, 0.4) is 0 Å². The summed E-state index contributed by atoms with van der Waals surface area (Å²) in [5, 5.41) is 14.0. The number of rotatable bonds is 7. The predicted octanol–water partition coefficient (Wildman–Crippen LogP) is 5.39. The minimum Gasteiger partial charge on any atom is -0.490 e. The fourth-order valence-electron chi connectivity index (χ4n) is 5.25. The van der Waals surface area contributed by atoms with Crippen molar-refractivity contribution in [1.82, 2.24) is 10.2 Å². The van der Waals surface area contributed by atoms with Crippen molar-refractivity contribution in [3.63, 3.8) is 0 Å². The molecule has 2 saturated heterocycles. The van der Waals surface area contributed by atoms with Crippen molar-refractivity contribution in [3.05, 3.63) is 59.9 Å². The summed E-state index contributed by atoms with van der Waals surface area (Å²) in [6, 6.07) is 12.2. The number of aliphatic hydroxyl groups is 1. The van der Waals surface area contributed by atoms with E-state index in [0.717, 1.165) is 36.0 Å². The number of likely N-dealkylation sites (tertiary alicyclic amines) is 1.